The second kappa shape index (κ2) is 6.98. The number of carbonyl (C=O) groups is 1. The number of ether oxygens (including phenoxy) is 1. The Morgan fingerprint density at radius 3 is 2.48 bits per heavy atom. The van der Waals surface area contributed by atoms with Gasteiger partial charge in [0.1, 0.15) is 6.29 Å². The van der Waals surface area contributed by atoms with Gasteiger partial charge in [0.25, 0.3) is 0 Å². The number of morpholine rings is 1. The molecule has 0 unspecified atom stereocenters. The van der Waals surface area contributed by atoms with Crippen LogP contribution in [0.1, 0.15) is 22.3 Å². The highest BCUT2D eigenvalue weighted by Crippen LogP contribution is 2.30. The van der Waals surface area contributed by atoms with Crippen LogP contribution in [0.15, 0.2) is 36.4 Å². The molecule has 2 aromatic carbocycles. The maximum absolute atomic E-state index is 11.2. The first-order valence-corrected chi connectivity index (χ1v) is 9.04. The average molecular weight is 336 g/mol. The van der Waals surface area contributed by atoms with Gasteiger partial charge in [-0.3, -0.25) is 9.69 Å². The Kier molecular flexibility index (Phi) is 4.55. The van der Waals surface area contributed by atoms with Gasteiger partial charge in [0.05, 0.1) is 13.2 Å². The van der Waals surface area contributed by atoms with E-state index in [-0.39, 0.29) is 0 Å². The third-order valence-corrected chi connectivity index (χ3v) is 5.14. The number of benzene rings is 2. The molecule has 1 aliphatic heterocycles. The van der Waals surface area contributed by atoms with Gasteiger partial charge in [0.15, 0.2) is 0 Å². The molecule has 0 atom stereocenters. The van der Waals surface area contributed by atoms with E-state index in [0.717, 1.165) is 57.7 Å². The largest absolute Gasteiger partial charge is 0.379 e. The lowest BCUT2D eigenvalue weighted by Gasteiger charge is -2.26. The molecule has 0 amide bonds. The van der Waals surface area contributed by atoms with Crippen molar-refractivity contribution < 1.29 is 9.53 Å². The van der Waals surface area contributed by atoms with E-state index in [1.165, 1.54) is 27.4 Å². The lowest BCUT2D eigenvalue weighted by molar-refractivity contribution is 0.0370. The van der Waals surface area contributed by atoms with Crippen molar-refractivity contribution >= 4 is 28.1 Å². The zero-order chi connectivity index (χ0) is 17.2. The summed E-state index contributed by atoms with van der Waals surface area (Å²) in [5.74, 6) is 0. The van der Waals surface area contributed by atoms with Crippen LogP contribution >= 0.6 is 0 Å². The van der Waals surface area contributed by atoms with Gasteiger partial charge in [-0.05, 0) is 43.7 Å². The molecule has 130 valence electrons. The van der Waals surface area contributed by atoms with E-state index >= 15 is 0 Å². The van der Waals surface area contributed by atoms with Crippen LogP contribution in [0, 0.1) is 6.92 Å². The molecule has 0 aliphatic carbocycles. The molecule has 2 heterocycles. The first-order valence-electron chi connectivity index (χ1n) is 9.04. The molecule has 0 N–H and O–H groups in total. The number of aldehydes is 1. The van der Waals surface area contributed by atoms with Crippen LogP contribution in [0.25, 0.3) is 21.8 Å². The number of carbonyl (C=O) groups excluding carboxylic acids is 1. The summed E-state index contributed by atoms with van der Waals surface area (Å²) in [4.78, 5) is 13.7. The Bertz CT molecular complexity index is 907. The van der Waals surface area contributed by atoms with Gasteiger partial charge in [-0.1, -0.05) is 11.6 Å². The maximum atomic E-state index is 11.2. The van der Waals surface area contributed by atoms with Crippen LogP contribution < -0.4 is 0 Å². The van der Waals surface area contributed by atoms with Crippen LogP contribution in [0.2, 0.25) is 0 Å². The van der Waals surface area contributed by atoms with E-state index in [2.05, 4.69) is 40.7 Å². The third kappa shape index (κ3) is 3.20. The standard InChI is InChI=1S/C21H24N2O2/c1-16-3-5-20-18(13-16)19-14-17(15-24)4-6-21(19)23(20)8-2-7-22-9-11-25-12-10-22/h3-6,13-15H,2,7-12H2,1H3. The molecule has 0 bridgehead atoms. The number of nitrogens with zero attached hydrogens (tertiary/aromatic N) is 2. The molecule has 4 heteroatoms. The molecule has 1 saturated heterocycles. The molecule has 3 aromatic rings. The summed E-state index contributed by atoms with van der Waals surface area (Å²) in [6.45, 7) is 7.98. The average Bonchev–Trinajstić information content (AvgIpc) is 2.95. The van der Waals surface area contributed by atoms with Gasteiger partial charge < -0.3 is 9.30 Å². The maximum Gasteiger partial charge on any atom is 0.150 e. The highest BCUT2D eigenvalue weighted by Gasteiger charge is 2.13. The Morgan fingerprint density at radius 2 is 1.72 bits per heavy atom. The van der Waals surface area contributed by atoms with Crippen LogP contribution in [-0.2, 0) is 11.3 Å². The first kappa shape index (κ1) is 16.3. The SMILES string of the molecule is Cc1ccc2c(c1)c1cc(C=O)ccc1n2CCCN1CCOCC1. The molecule has 0 spiro atoms. The Morgan fingerprint density at radius 1 is 1.00 bits per heavy atom. The second-order valence-corrected chi connectivity index (χ2v) is 6.87. The molecule has 1 aromatic heterocycles. The van der Waals surface area contributed by atoms with Gasteiger partial charge in [0, 0.05) is 53.5 Å². The van der Waals surface area contributed by atoms with Gasteiger partial charge >= 0.3 is 0 Å². The summed E-state index contributed by atoms with van der Waals surface area (Å²) >= 11 is 0. The quantitative estimate of drug-likeness (QED) is 0.667. The van der Waals surface area contributed by atoms with Crippen LogP contribution in [0.5, 0.6) is 0 Å². The molecular formula is C21H24N2O2. The monoisotopic (exact) mass is 336 g/mol. The van der Waals surface area contributed by atoms with E-state index < -0.39 is 0 Å². The fourth-order valence-electron chi connectivity index (χ4n) is 3.83. The normalized spacial score (nSPS) is 15.9. The summed E-state index contributed by atoms with van der Waals surface area (Å²) in [7, 11) is 0. The third-order valence-electron chi connectivity index (χ3n) is 5.14. The van der Waals surface area contributed by atoms with E-state index in [1.54, 1.807) is 0 Å². The lowest BCUT2D eigenvalue weighted by Crippen LogP contribution is -2.37. The number of hydrogen-bond donors (Lipinski definition) is 0. The van der Waals surface area contributed by atoms with Crippen molar-refractivity contribution in [1.82, 2.24) is 9.47 Å². The van der Waals surface area contributed by atoms with Gasteiger partial charge in [-0.2, -0.15) is 0 Å². The van der Waals surface area contributed by atoms with Crippen molar-refractivity contribution in [2.24, 2.45) is 0 Å². The highest BCUT2D eigenvalue weighted by atomic mass is 16.5. The van der Waals surface area contributed by atoms with Crippen LogP contribution in [-0.4, -0.2) is 48.6 Å². The fraction of sp³-hybridized carbons (Fsp3) is 0.381. The minimum atomic E-state index is 0.737. The molecule has 4 nitrogen and oxygen atoms in total. The van der Waals surface area contributed by atoms with E-state index in [9.17, 15) is 4.79 Å². The molecule has 4 rings (SSSR count). The van der Waals surface area contributed by atoms with Crippen LogP contribution in [0.3, 0.4) is 0 Å². The van der Waals surface area contributed by atoms with Crippen molar-refractivity contribution in [2.75, 3.05) is 32.8 Å². The molecule has 0 radical (unpaired) electrons. The predicted octanol–water partition coefficient (Wildman–Crippen LogP) is 3.64. The van der Waals surface area contributed by atoms with Gasteiger partial charge in [-0.15, -0.1) is 0 Å². The molecule has 1 aliphatic rings. The highest BCUT2D eigenvalue weighted by molar-refractivity contribution is 6.09. The van der Waals surface area contributed by atoms with Crippen molar-refractivity contribution in [3.05, 3.63) is 47.5 Å². The molecule has 0 saturated carbocycles. The van der Waals surface area contributed by atoms with E-state index in [1.807, 2.05) is 12.1 Å². The summed E-state index contributed by atoms with van der Waals surface area (Å²) in [6.07, 6.45) is 2.04. The zero-order valence-corrected chi connectivity index (χ0v) is 14.7. The van der Waals surface area contributed by atoms with Crippen molar-refractivity contribution in [2.45, 2.75) is 19.9 Å². The first-order chi connectivity index (χ1) is 12.3. The summed E-state index contributed by atoms with van der Waals surface area (Å²) < 4.78 is 7.83. The summed E-state index contributed by atoms with van der Waals surface area (Å²) in [6, 6.07) is 12.6. The van der Waals surface area contributed by atoms with Crippen LogP contribution in [0.4, 0.5) is 0 Å². The molecule has 1 fully saturated rings. The minimum Gasteiger partial charge on any atom is -0.379 e. The number of aromatic nitrogens is 1. The zero-order valence-electron chi connectivity index (χ0n) is 14.7. The van der Waals surface area contributed by atoms with Crippen molar-refractivity contribution in [3.8, 4) is 0 Å². The Labute approximate surface area is 148 Å². The number of rotatable bonds is 5. The fourth-order valence-corrected chi connectivity index (χ4v) is 3.83. The van der Waals surface area contributed by atoms with Crippen molar-refractivity contribution in [1.29, 1.82) is 0 Å². The number of aryl methyl sites for hydroxylation is 2. The summed E-state index contributed by atoms with van der Waals surface area (Å²) in [5, 5.41) is 2.42. The minimum absolute atomic E-state index is 0.737. The smallest absolute Gasteiger partial charge is 0.150 e. The molecular weight excluding hydrogens is 312 g/mol. The molecule has 25 heavy (non-hydrogen) atoms. The topological polar surface area (TPSA) is 34.5 Å². The number of fused-ring (bicyclic) bond motifs is 3. The van der Waals surface area contributed by atoms with Crippen molar-refractivity contribution in [3.63, 3.8) is 0 Å². The van der Waals surface area contributed by atoms with Gasteiger partial charge in [0.2, 0.25) is 0 Å². The lowest BCUT2D eigenvalue weighted by atomic mass is 10.1. The van der Waals surface area contributed by atoms with E-state index in [4.69, 9.17) is 4.74 Å². The number of hydrogen-bond acceptors (Lipinski definition) is 3. The van der Waals surface area contributed by atoms with Gasteiger partial charge in [-0.25, -0.2) is 0 Å². The Balaban J connectivity index is 1.67. The van der Waals surface area contributed by atoms with E-state index in [0.29, 0.717) is 0 Å². The Hall–Kier alpha value is -2.17. The summed E-state index contributed by atoms with van der Waals surface area (Å²) in [5.41, 5.74) is 4.46. The predicted molar refractivity (Wildman–Crippen MR) is 101 cm³/mol. The second-order valence-electron chi connectivity index (χ2n) is 6.87.